The fourth-order valence-corrected chi connectivity index (χ4v) is 3.71. The standard InChI is InChI=1S/C19H24N4O2/c24-19-18(17(13-20-21-19)23-6-1-2-7-23)16-5-3-4-15(12-16)14-22-8-10-25-11-9-22/h3-5,12-13H,1-2,6-11,14H2,(H,21,24). The number of hydrogen-bond acceptors (Lipinski definition) is 5. The van der Waals surface area contributed by atoms with E-state index in [4.69, 9.17) is 4.74 Å². The summed E-state index contributed by atoms with van der Waals surface area (Å²) in [6.07, 6.45) is 4.13. The third-order valence-electron chi connectivity index (χ3n) is 5.01. The molecule has 0 atom stereocenters. The van der Waals surface area contributed by atoms with E-state index in [0.29, 0.717) is 0 Å². The molecule has 2 aromatic rings. The van der Waals surface area contributed by atoms with Gasteiger partial charge in [0, 0.05) is 32.7 Å². The summed E-state index contributed by atoms with van der Waals surface area (Å²) >= 11 is 0. The summed E-state index contributed by atoms with van der Waals surface area (Å²) in [7, 11) is 0. The van der Waals surface area contributed by atoms with Crippen molar-refractivity contribution in [2.45, 2.75) is 19.4 Å². The molecule has 2 aliphatic heterocycles. The number of aromatic nitrogens is 2. The van der Waals surface area contributed by atoms with Crippen molar-refractivity contribution in [2.24, 2.45) is 0 Å². The van der Waals surface area contributed by atoms with Gasteiger partial charge in [0.2, 0.25) is 0 Å². The summed E-state index contributed by atoms with van der Waals surface area (Å²) in [6, 6.07) is 8.33. The van der Waals surface area contributed by atoms with Gasteiger partial charge >= 0.3 is 0 Å². The van der Waals surface area contributed by atoms with Gasteiger partial charge in [-0.2, -0.15) is 5.10 Å². The molecule has 1 aromatic heterocycles. The Labute approximate surface area is 147 Å². The van der Waals surface area contributed by atoms with Crippen LogP contribution in [0.15, 0.2) is 35.3 Å². The zero-order chi connectivity index (χ0) is 17.1. The van der Waals surface area contributed by atoms with Crippen LogP contribution >= 0.6 is 0 Å². The van der Waals surface area contributed by atoms with E-state index in [9.17, 15) is 4.79 Å². The van der Waals surface area contributed by atoms with Gasteiger partial charge in [-0.05, 0) is 30.0 Å². The number of aromatic amines is 1. The molecule has 6 nitrogen and oxygen atoms in total. The summed E-state index contributed by atoms with van der Waals surface area (Å²) in [5, 5.41) is 6.63. The molecule has 4 rings (SSSR count). The van der Waals surface area contributed by atoms with Crippen LogP contribution in [0.25, 0.3) is 11.1 Å². The molecule has 2 saturated heterocycles. The number of rotatable bonds is 4. The number of morpholine rings is 1. The predicted molar refractivity (Wildman–Crippen MR) is 97.8 cm³/mol. The SMILES string of the molecule is O=c1[nH]ncc(N2CCCC2)c1-c1cccc(CN2CCOCC2)c1. The lowest BCUT2D eigenvalue weighted by Crippen LogP contribution is -2.35. The van der Waals surface area contributed by atoms with Gasteiger partial charge in [0.15, 0.2) is 0 Å². The van der Waals surface area contributed by atoms with Crippen molar-refractivity contribution in [1.82, 2.24) is 15.1 Å². The van der Waals surface area contributed by atoms with Crippen molar-refractivity contribution in [3.8, 4) is 11.1 Å². The molecule has 0 unspecified atom stereocenters. The first-order valence-corrected chi connectivity index (χ1v) is 9.03. The molecule has 2 aliphatic rings. The van der Waals surface area contributed by atoms with Crippen molar-refractivity contribution < 1.29 is 4.74 Å². The van der Waals surface area contributed by atoms with Gasteiger partial charge in [-0.15, -0.1) is 0 Å². The maximum atomic E-state index is 12.5. The van der Waals surface area contributed by atoms with Crippen molar-refractivity contribution in [1.29, 1.82) is 0 Å². The molecule has 0 spiro atoms. The van der Waals surface area contributed by atoms with Gasteiger partial charge in [0.25, 0.3) is 5.56 Å². The van der Waals surface area contributed by atoms with Crippen LogP contribution in [0.4, 0.5) is 5.69 Å². The molecule has 25 heavy (non-hydrogen) atoms. The molecule has 0 radical (unpaired) electrons. The van der Waals surface area contributed by atoms with Crippen LogP contribution in [0.3, 0.4) is 0 Å². The molecule has 132 valence electrons. The van der Waals surface area contributed by atoms with Crippen LogP contribution in [0.5, 0.6) is 0 Å². The number of anilines is 1. The van der Waals surface area contributed by atoms with Crippen LogP contribution in [0.1, 0.15) is 18.4 Å². The Balaban J connectivity index is 1.65. The minimum absolute atomic E-state index is 0.118. The lowest BCUT2D eigenvalue weighted by atomic mass is 10.0. The lowest BCUT2D eigenvalue weighted by molar-refractivity contribution is 0.0342. The summed E-state index contributed by atoms with van der Waals surface area (Å²) in [5.74, 6) is 0. The largest absolute Gasteiger partial charge is 0.379 e. The number of hydrogen-bond donors (Lipinski definition) is 1. The minimum atomic E-state index is -0.118. The molecule has 6 heteroatoms. The fraction of sp³-hybridized carbons (Fsp3) is 0.474. The van der Waals surface area contributed by atoms with Crippen LogP contribution in [-0.4, -0.2) is 54.5 Å². The zero-order valence-corrected chi connectivity index (χ0v) is 14.4. The van der Waals surface area contributed by atoms with E-state index in [1.54, 1.807) is 6.20 Å². The molecule has 1 aromatic carbocycles. The first-order chi connectivity index (χ1) is 12.3. The molecule has 0 saturated carbocycles. The molecular weight excluding hydrogens is 316 g/mol. The predicted octanol–water partition coefficient (Wildman–Crippen LogP) is 1.87. The van der Waals surface area contributed by atoms with Crippen molar-refractivity contribution in [3.63, 3.8) is 0 Å². The number of nitrogens with zero attached hydrogens (tertiary/aromatic N) is 3. The highest BCUT2D eigenvalue weighted by Gasteiger charge is 2.20. The number of nitrogens with one attached hydrogen (secondary N) is 1. The Morgan fingerprint density at radius 1 is 1.12 bits per heavy atom. The highest BCUT2D eigenvalue weighted by molar-refractivity contribution is 5.77. The van der Waals surface area contributed by atoms with Crippen molar-refractivity contribution >= 4 is 5.69 Å². The highest BCUT2D eigenvalue weighted by Crippen LogP contribution is 2.29. The summed E-state index contributed by atoms with van der Waals surface area (Å²) < 4.78 is 5.42. The van der Waals surface area contributed by atoms with Crippen LogP contribution < -0.4 is 10.5 Å². The Kier molecular flexibility index (Phi) is 4.81. The molecule has 1 N–H and O–H groups in total. The molecular formula is C19H24N4O2. The van der Waals surface area contributed by atoms with Crippen molar-refractivity contribution in [2.75, 3.05) is 44.3 Å². The molecule has 2 fully saturated rings. The van der Waals surface area contributed by atoms with Crippen LogP contribution in [0, 0.1) is 0 Å². The van der Waals surface area contributed by atoms with Crippen LogP contribution in [-0.2, 0) is 11.3 Å². The monoisotopic (exact) mass is 340 g/mol. The highest BCUT2D eigenvalue weighted by atomic mass is 16.5. The molecule has 0 bridgehead atoms. The zero-order valence-electron chi connectivity index (χ0n) is 14.4. The van der Waals surface area contributed by atoms with Crippen LogP contribution in [0.2, 0.25) is 0 Å². The summed E-state index contributed by atoms with van der Waals surface area (Å²) in [5.41, 5.74) is 3.76. The van der Waals surface area contributed by atoms with E-state index in [2.05, 4.69) is 32.1 Å². The van der Waals surface area contributed by atoms with Gasteiger partial charge in [0.1, 0.15) is 0 Å². The van der Waals surface area contributed by atoms with Gasteiger partial charge in [-0.3, -0.25) is 9.69 Å². The Bertz CT molecular complexity index is 777. The minimum Gasteiger partial charge on any atom is -0.379 e. The first-order valence-electron chi connectivity index (χ1n) is 9.03. The average molecular weight is 340 g/mol. The normalized spacial score (nSPS) is 18.6. The van der Waals surface area contributed by atoms with E-state index in [-0.39, 0.29) is 5.56 Å². The van der Waals surface area contributed by atoms with E-state index in [1.165, 1.54) is 18.4 Å². The number of H-pyrrole nitrogens is 1. The Hall–Kier alpha value is -2.18. The van der Waals surface area contributed by atoms with Gasteiger partial charge < -0.3 is 9.64 Å². The van der Waals surface area contributed by atoms with E-state index in [0.717, 1.165) is 62.8 Å². The second kappa shape index (κ2) is 7.37. The Morgan fingerprint density at radius 2 is 1.92 bits per heavy atom. The first kappa shape index (κ1) is 16.3. The van der Waals surface area contributed by atoms with E-state index >= 15 is 0 Å². The second-order valence-corrected chi connectivity index (χ2v) is 6.74. The number of ether oxygens (including phenoxy) is 1. The second-order valence-electron chi connectivity index (χ2n) is 6.74. The van der Waals surface area contributed by atoms with E-state index in [1.807, 2.05) is 12.1 Å². The quantitative estimate of drug-likeness (QED) is 0.921. The fourth-order valence-electron chi connectivity index (χ4n) is 3.71. The molecule has 0 aliphatic carbocycles. The van der Waals surface area contributed by atoms with Crippen molar-refractivity contribution in [3.05, 3.63) is 46.4 Å². The third-order valence-corrected chi connectivity index (χ3v) is 5.01. The maximum absolute atomic E-state index is 12.5. The summed E-state index contributed by atoms with van der Waals surface area (Å²) in [6.45, 7) is 6.38. The molecule has 3 heterocycles. The lowest BCUT2D eigenvalue weighted by Gasteiger charge is -2.26. The average Bonchev–Trinajstić information content (AvgIpc) is 3.17. The van der Waals surface area contributed by atoms with Gasteiger partial charge in [-0.1, -0.05) is 18.2 Å². The summed E-state index contributed by atoms with van der Waals surface area (Å²) in [4.78, 5) is 17.2. The Morgan fingerprint density at radius 3 is 2.72 bits per heavy atom. The molecule has 0 amide bonds. The number of benzene rings is 1. The van der Waals surface area contributed by atoms with Gasteiger partial charge in [0.05, 0.1) is 30.7 Å². The van der Waals surface area contributed by atoms with E-state index < -0.39 is 0 Å². The third kappa shape index (κ3) is 3.60. The maximum Gasteiger partial charge on any atom is 0.274 e. The topological polar surface area (TPSA) is 61.5 Å². The van der Waals surface area contributed by atoms with Gasteiger partial charge in [-0.25, -0.2) is 5.10 Å². The smallest absolute Gasteiger partial charge is 0.274 e.